The molecule has 0 heterocycles. The van der Waals surface area contributed by atoms with Gasteiger partial charge in [0.2, 0.25) is 0 Å². The van der Waals surface area contributed by atoms with Crippen molar-refractivity contribution in [1.29, 1.82) is 0 Å². The zero-order valence-corrected chi connectivity index (χ0v) is 9.31. The molecule has 14 heavy (non-hydrogen) atoms. The summed E-state index contributed by atoms with van der Waals surface area (Å²) >= 11 is 0. The van der Waals surface area contributed by atoms with Crippen LogP contribution < -0.4 is 11.3 Å². The lowest BCUT2D eigenvalue weighted by Crippen LogP contribution is -2.39. The van der Waals surface area contributed by atoms with Gasteiger partial charge in [-0.15, -0.1) is 12.4 Å². The van der Waals surface area contributed by atoms with Crippen molar-refractivity contribution in [2.75, 3.05) is 6.61 Å². The zero-order chi connectivity index (χ0) is 9.68. The van der Waals surface area contributed by atoms with Crippen LogP contribution in [0.4, 0.5) is 0 Å². The van der Waals surface area contributed by atoms with E-state index in [0.29, 0.717) is 12.6 Å². The Morgan fingerprint density at radius 3 is 2.43 bits per heavy atom. The van der Waals surface area contributed by atoms with Gasteiger partial charge in [0.05, 0.1) is 12.5 Å². The Morgan fingerprint density at radius 2 is 2.00 bits per heavy atom. The Kier molecular flexibility index (Phi) is 6.87. The average molecular weight is 223 g/mol. The molecule has 1 aliphatic carbocycles. The average Bonchev–Trinajstić information content (AvgIpc) is 2.18. The summed E-state index contributed by atoms with van der Waals surface area (Å²) in [4.78, 5) is 11.3. The molecule has 0 atom stereocenters. The molecular formula is C9H19ClN2O2. The van der Waals surface area contributed by atoms with Crippen molar-refractivity contribution < 1.29 is 9.53 Å². The highest BCUT2D eigenvalue weighted by Crippen LogP contribution is 2.24. The standard InChI is InChI=1S/C9H18N2O2.ClH/c1-2-13-9(12)7-3-5-8(11-10)6-4-7;/h7-8,11H,2-6,10H2,1H3;1H. The first-order chi connectivity index (χ1) is 6.27. The van der Waals surface area contributed by atoms with E-state index in [2.05, 4.69) is 5.43 Å². The van der Waals surface area contributed by atoms with Gasteiger partial charge in [-0.1, -0.05) is 0 Å². The van der Waals surface area contributed by atoms with E-state index >= 15 is 0 Å². The minimum Gasteiger partial charge on any atom is -0.466 e. The number of esters is 1. The molecule has 0 aromatic rings. The molecule has 0 aromatic heterocycles. The number of hydrogen-bond donors (Lipinski definition) is 2. The van der Waals surface area contributed by atoms with Crippen molar-refractivity contribution in [2.24, 2.45) is 11.8 Å². The number of nitrogens with one attached hydrogen (secondary N) is 1. The molecule has 1 aliphatic rings. The van der Waals surface area contributed by atoms with E-state index in [4.69, 9.17) is 10.6 Å². The number of carbonyl (C=O) groups is 1. The predicted molar refractivity (Wildman–Crippen MR) is 57.0 cm³/mol. The Labute approximate surface area is 90.9 Å². The first-order valence-corrected chi connectivity index (χ1v) is 4.90. The van der Waals surface area contributed by atoms with Crippen LogP contribution in [0.3, 0.4) is 0 Å². The highest BCUT2D eigenvalue weighted by molar-refractivity contribution is 5.85. The minimum atomic E-state index is -0.0435. The second kappa shape index (κ2) is 7.04. The second-order valence-corrected chi connectivity index (χ2v) is 3.47. The molecule has 84 valence electrons. The molecule has 0 bridgehead atoms. The molecule has 0 radical (unpaired) electrons. The zero-order valence-electron chi connectivity index (χ0n) is 8.49. The Bertz CT molecular complexity index is 170. The minimum absolute atomic E-state index is 0. The van der Waals surface area contributed by atoms with Crippen LogP contribution in [-0.2, 0) is 9.53 Å². The third-order valence-electron chi connectivity index (χ3n) is 2.58. The molecule has 0 amide bonds. The monoisotopic (exact) mass is 222 g/mol. The summed E-state index contributed by atoms with van der Waals surface area (Å²) in [6, 6.07) is 0.380. The van der Waals surface area contributed by atoms with Crippen LogP contribution in [0.5, 0.6) is 0 Å². The third kappa shape index (κ3) is 3.82. The normalized spacial score (nSPS) is 26.4. The number of hydrazine groups is 1. The molecule has 1 saturated carbocycles. The van der Waals surface area contributed by atoms with Crippen molar-refractivity contribution in [3.8, 4) is 0 Å². The number of nitrogens with two attached hydrogens (primary N) is 1. The first kappa shape index (κ1) is 13.7. The van der Waals surface area contributed by atoms with Gasteiger partial charge in [0.1, 0.15) is 0 Å². The molecule has 0 aromatic carbocycles. The van der Waals surface area contributed by atoms with E-state index in [1.165, 1.54) is 0 Å². The van der Waals surface area contributed by atoms with Crippen molar-refractivity contribution in [3.05, 3.63) is 0 Å². The maximum Gasteiger partial charge on any atom is 0.308 e. The highest BCUT2D eigenvalue weighted by atomic mass is 35.5. The number of ether oxygens (including phenoxy) is 1. The Morgan fingerprint density at radius 1 is 1.43 bits per heavy atom. The SMILES string of the molecule is CCOC(=O)C1CCC(NN)CC1.Cl. The molecule has 0 spiro atoms. The molecule has 0 saturated heterocycles. The third-order valence-corrected chi connectivity index (χ3v) is 2.58. The molecule has 0 unspecified atom stereocenters. The summed E-state index contributed by atoms with van der Waals surface area (Å²) in [6.07, 6.45) is 3.74. The topological polar surface area (TPSA) is 64.3 Å². The molecule has 0 aliphatic heterocycles. The van der Waals surface area contributed by atoms with Crippen LogP contribution in [0.15, 0.2) is 0 Å². The predicted octanol–water partition coefficient (Wildman–Crippen LogP) is 0.993. The van der Waals surface area contributed by atoms with Crippen LogP contribution in [0.1, 0.15) is 32.6 Å². The van der Waals surface area contributed by atoms with Gasteiger partial charge in [0, 0.05) is 6.04 Å². The van der Waals surface area contributed by atoms with Crippen LogP contribution in [0.2, 0.25) is 0 Å². The van der Waals surface area contributed by atoms with Crippen LogP contribution in [0, 0.1) is 5.92 Å². The Hall–Kier alpha value is -0.320. The molecular weight excluding hydrogens is 204 g/mol. The van der Waals surface area contributed by atoms with Gasteiger partial charge in [-0.2, -0.15) is 0 Å². The van der Waals surface area contributed by atoms with Gasteiger partial charge in [-0.3, -0.25) is 16.1 Å². The fourth-order valence-corrected chi connectivity index (χ4v) is 1.76. The maximum absolute atomic E-state index is 11.3. The van der Waals surface area contributed by atoms with E-state index in [1.807, 2.05) is 6.92 Å². The van der Waals surface area contributed by atoms with Crippen molar-refractivity contribution in [2.45, 2.75) is 38.6 Å². The van der Waals surface area contributed by atoms with Gasteiger partial charge in [-0.05, 0) is 32.6 Å². The Balaban J connectivity index is 0.00000169. The van der Waals surface area contributed by atoms with Crippen molar-refractivity contribution >= 4 is 18.4 Å². The molecule has 3 N–H and O–H groups in total. The van der Waals surface area contributed by atoms with E-state index < -0.39 is 0 Å². The van der Waals surface area contributed by atoms with E-state index in [-0.39, 0.29) is 24.3 Å². The first-order valence-electron chi connectivity index (χ1n) is 4.90. The van der Waals surface area contributed by atoms with Gasteiger partial charge >= 0.3 is 5.97 Å². The number of carbonyl (C=O) groups excluding carboxylic acids is 1. The summed E-state index contributed by atoms with van der Waals surface area (Å²) in [5.41, 5.74) is 2.74. The van der Waals surface area contributed by atoms with E-state index in [9.17, 15) is 4.79 Å². The molecule has 1 fully saturated rings. The van der Waals surface area contributed by atoms with E-state index in [0.717, 1.165) is 25.7 Å². The summed E-state index contributed by atoms with van der Waals surface area (Å²) in [7, 11) is 0. The van der Waals surface area contributed by atoms with Gasteiger partial charge < -0.3 is 4.74 Å². The van der Waals surface area contributed by atoms with Crippen LogP contribution >= 0.6 is 12.4 Å². The molecule has 5 heteroatoms. The molecule has 1 rings (SSSR count). The lowest BCUT2D eigenvalue weighted by Gasteiger charge is -2.26. The van der Waals surface area contributed by atoms with Gasteiger partial charge in [0.15, 0.2) is 0 Å². The summed E-state index contributed by atoms with van der Waals surface area (Å²) in [6.45, 7) is 2.32. The van der Waals surface area contributed by atoms with Crippen molar-refractivity contribution in [1.82, 2.24) is 5.43 Å². The van der Waals surface area contributed by atoms with Gasteiger partial charge in [0.25, 0.3) is 0 Å². The van der Waals surface area contributed by atoms with Gasteiger partial charge in [-0.25, -0.2) is 0 Å². The fourth-order valence-electron chi connectivity index (χ4n) is 1.76. The summed E-state index contributed by atoms with van der Waals surface area (Å²) in [5.74, 6) is 5.38. The second-order valence-electron chi connectivity index (χ2n) is 3.47. The van der Waals surface area contributed by atoms with Crippen LogP contribution in [0.25, 0.3) is 0 Å². The smallest absolute Gasteiger partial charge is 0.308 e. The lowest BCUT2D eigenvalue weighted by atomic mass is 9.86. The fraction of sp³-hybridized carbons (Fsp3) is 0.889. The maximum atomic E-state index is 11.3. The summed E-state index contributed by atoms with van der Waals surface area (Å²) < 4.78 is 4.96. The number of hydrogen-bond acceptors (Lipinski definition) is 4. The highest BCUT2D eigenvalue weighted by Gasteiger charge is 2.26. The lowest BCUT2D eigenvalue weighted by molar-refractivity contribution is -0.149. The number of halogens is 1. The largest absolute Gasteiger partial charge is 0.466 e. The number of rotatable bonds is 3. The quantitative estimate of drug-likeness (QED) is 0.425. The van der Waals surface area contributed by atoms with E-state index in [1.54, 1.807) is 0 Å². The van der Waals surface area contributed by atoms with Crippen LogP contribution in [-0.4, -0.2) is 18.6 Å². The van der Waals surface area contributed by atoms with Crippen molar-refractivity contribution in [3.63, 3.8) is 0 Å². The summed E-state index contributed by atoms with van der Waals surface area (Å²) in [5, 5.41) is 0. The molecule has 4 nitrogen and oxygen atoms in total.